The van der Waals surface area contributed by atoms with Gasteiger partial charge in [-0.1, -0.05) is 20.3 Å². The molecule has 1 aliphatic heterocycles. The molecule has 22 heteroatoms. The maximum atomic E-state index is 12.7. The zero-order chi connectivity index (χ0) is 36.8. The number of carbonyl (C=O) groups excluding carboxylic acids is 11. The zero-order valence-corrected chi connectivity index (χ0v) is 27.1. The number of hydrogen-bond donors (Lipinski definition) is 11. The van der Waals surface area contributed by atoms with E-state index in [1.165, 1.54) is 0 Å². The van der Waals surface area contributed by atoms with Gasteiger partial charge in [-0.3, -0.25) is 52.7 Å². The van der Waals surface area contributed by atoms with Gasteiger partial charge in [0.1, 0.15) is 6.04 Å². The van der Waals surface area contributed by atoms with E-state index in [1.54, 1.807) is 13.8 Å². The Balaban J connectivity index is 2.77. The van der Waals surface area contributed by atoms with Gasteiger partial charge in [-0.05, 0) is 5.92 Å². The molecule has 11 amide bonds. The van der Waals surface area contributed by atoms with E-state index in [-0.39, 0.29) is 18.9 Å². The van der Waals surface area contributed by atoms with Gasteiger partial charge in [0.15, 0.2) is 0 Å². The predicted octanol–water partition coefficient (Wildman–Crippen LogP) is -7.92. The van der Waals surface area contributed by atoms with Gasteiger partial charge in [-0.15, -0.1) is 0 Å². The lowest BCUT2D eigenvalue weighted by Crippen LogP contribution is -2.54. The van der Waals surface area contributed by atoms with Crippen molar-refractivity contribution in [3.63, 3.8) is 0 Å². The average molecular weight is 698 g/mol. The minimum Gasteiger partial charge on any atom is -0.354 e. The molecule has 272 valence electrons. The van der Waals surface area contributed by atoms with Crippen LogP contribution in [0.2, 0.25) is 0 Å². The first-order chi connectivity index (χ1) is 23.2. The van der Waals surface area contributed by atoms with Crippen molar-refractivity contribution in [1.82, 2.24) is 58.5 Å². The maximum Gasteiger partial charge on any atom is 0.243 e. The summed E-state index contributed by atoms with van der Waals surface area (Å²) in [5.74, 6) is -8.25. The molecule has 1 aliphatic rings. The van der Waals surface area contributed by atoms with Gasteiger partial charge in [0.05, 0.1) is 58.9 Å². The molecule has 2 atom stereocenters. The summed E-state index contributed by atoms with van der Waals surface area (Å²) in [5.41, 5.74) is 0. The van der Waals surface area contributed by atoms with Crippen LogP contribution >= 0.6 is 0 Å². The monoisotopic (exact) mass is 697 g/mol. The van der Waals surface area contributed by atoms with Crippen LogP contribution in [-0.4, -0.2) is 136 Å². The van der Waals surface area contributed by atoms with Crippen molar-refractivity contribution in [1.29, 1.82) is 0 Å². The van der Waals surface area contributed by atoms with Crippen LogP contribution in [0.15, 0.2) is 0 Å². The SMILES string of the molecule is CC[C@H](C)C1NC(=O)CNC(=O)CCNC(=O)CNC(=O)CNC(=O)CNC(=O)CNC(=O)CNC(=O)CNC(=O)CNC(=O)CNC1=O. The van der Waals surface area contributed by atoms with Crippen LogP contribution < -0.4 is 58.5 Å². The molecule has 0 saturated carbocycles. The smallest absolute Gasteiger partial charge is 0.243 e. The van der Waals surface area contributed by atoms with Crippen molar-refractivity contribution in [2.75, 3.05) is 65.4 Å². The lowest BCUT2D eigenvalue weighted by atomic mass is 9.98. The van der Waals surface area contributed by atoms with E-state index in [1.807, 2.05) is 0 Å². The Morgan fingerprint density at radius 2 is 0.714 bits per heavy atom. The van der Waals surface area contributed by atoms with Crippen LogP contribution in [0.25, 0.3) is 0 Å². The van der Waals surface area contributed by atoms with E-state index in [0.717, 1.165) is 0 Å². The summed E-state index contributed by atoms with van der Waals surface area (Å²) in [6.07, 6.45) is 0.259. The van der Waals surface area contributed by atoms with Gasteiger partial charge >= 0.3 is 0 Å². The summed E-state index contributed by atoms with van der Waals surface area (Å²) in [6.45, 7) is -1.38. The summed E-state index contributed by atoms with van der Waals surface area (Å²) in [7, 11) is 0. The van der Waals surface area contributed by atoms with E-state index in [2.05, 4.69) is 58.5 Å². The lowest BCUT2D eigenvalue weighted by molar-refractivity contribution is -0.132. The molecular formula is C27H43N11O11. The highest BCUT2D eigenvalue weighted by Crippen LogP contribution is 2.07. The minimum atomic E-state index is -1.06. The first-order valence-electron chi connectivity index (χ1n) is 15.2. The third-order valence-corrected chi connectivity index (χ3v) is 6.48. The van der Waals surface area contributed by atoms with Gasteiger partial charge in [0.25, 0.3) is 0 Å². The number of rotatable bonds is 2. The van der Waals surface area contributed by atoms with Gasteiger partial charge in [0, 0.05) is 13.0 Å². The second-order valence-electron chi connectivity index (χ2n) is 10.5. The Bertz CT molecular complexity index is 1270. The first-order valence-corrected chi connectivity index (χ1v) is 15.2. The van der Waals surface area contributed by atoms with Crippen molar-refractivity contribution in [3.8, 4) is 0 Å². The second-order valence-corrected chi connectivity index (χ2v) is 10.5. The number of nitrogens with one attached hydrogen (secondary N) is 11. The fourth-order valence-corrected chi connectivity index (χ4v) is 3.54. The Labute approximate surface area is 280 Å². The molecule has 0 radical (unpaired) electrons. The van der Waals surface area contributed by atoms with Crippen LogP contribution in [-0.2, 0) is 52.7 Å². The Hall–Kier alpha value is -5.83. The summed E-state index contributed by atoms with van der Waals surface area (Å²) in [6, 6.07) is -1.06. The number of carbonyl (C=O) groups is 11. The molecule has 0 bridgehead atoms. The van der Waals surface area contributed by atoms with Crippen molar-refractivity contribution in [3.05, 3.63) is 0 Å². The Morgan fingerprint density at radius 3 is 1.06 bits per heavy atom. The third kappa shape index (κ3) is 19.4. The average Bonchev–Trinajstić information content (AvgIpc) is 3.07. The topological polar surface area (TPSA) is 320 Å². The van der Waals surface area contributed by atoms with Crippen molar-refractivity contribution in [2.45, 2.75) is 32.7 Å². The fraction of sp³-hybridized carbons (Fsp3) is 0.593. The Kier molecular flexibility index (Phi) is 19.0. The molecule has 1 unspecified atom stereocenters. The van der Waals surface area contributed by atoms with Crippen LogP contribution in [0.3, 0.4) is 0 Å². The van der Waals surface area contributed by atoms with Crippen LogP contribution in [0.1, 0.15) is 26.7 Å². The highest BCUT2D eigenvalue weighted by molar-refractivity contribution is 5.94. The molecule has 0 spiro atoms. The third-order valence-electron chi connectivity index (χ3n) is 6.48. The summed E-state index contributed by atoms with van der Waals surface area (Å²) in [4.78, 5) is 133. The molecule has 1 saturated heterocycles. The van der Waals surface area contributed by atoms with Crippen molar-refractivity contribution < 1.29 is 52.7 Å². The number of hydrogen-bond acceptors (Lipinski definition) is 11. The van der Waals surface area contributed by atoms with Crippen molar-refractivity contribution in [2.24, 2.45) is 5.92 Å². The molecule has 0 aromatic carbocycles. The molecule has 22 nitrogen and oxygen atoms in total. The zero-order valence-electron chi connectivity index (χ0n) is 27.1. The maximum absolute atomic E-state index is 12.7. The summed E-state index contributed by atoms with van der Waals surface area (Å²) in [5, 5.41) is 25.1. The quantitative estimate of drug-likeness (QED) is 0.129. The molecule has 0 aliphatic carbocycles. The number of amides is 11. The molecule has 0 aromatic heterocycles. The van der Waals surface area contributed by atoms with Crippen LogP contribution in [0.5, 0.6) is 0 Å². The van der Waals surface area contributed by atoms with E-state index in [4.69, 9.17) is 0 Å². The molecule has 1 heterocycles. The standard InChI is InChI=1S/C27H43N11O11/c1-3-15(2)26-27(49)37-13-24(47)36-12-23(46)35-11-22(45)34-10-21(44)33-9-20(43)32-8-19(42)31-7-18(41)30-6-17(40)28-5-4-16(39)29-14-25(48)38-26/h15,26H,3-14H2,1-2H3,(H,28,40)(H,29,39)(H,30,41)(H,31,42)(H,32,43)(H,33,44)(H,34,45)(H,35,46)(H,36,47)(H,37,49)(H,38,48)/t15-,26?/m0/s1. The molecule has 49 heavy (non-hydrogen) atoms. The minimum absolute atomic E-state index is 0.130. The van der Waals surface area contributed by atoms with E-state index >= 15 is 0 Å². The lowest BCUT2D eigenvalue weighted by Gasteiger charge is -2.23. The summed E-state index contributed by atoms with van der Waals surface area (Å²) >= 11 is 0. The normalized spacial score (nSPS) is 21.2. The molecule has 1 fully saturated rings. The largest absolute Gasteiger partial charge is 0.354 e. The first kappa shape index (κ1) is 41.2. The van der Waals surface area contributed by atoms with Gasteiger partial charge in [0.2, 0.25) is 65.0 Å². The van der Waals surface area contributed by atoms with E-state index in [0.29, 0.717) is 6.42 Å². The second kappa shape index (κ2) is 22.7. The predicted molar refractivity (Wildman–Crippen MR) is 166 cm³/mol. The highest BCUT2D eigenvalue weighted by Gasteiger charge is 2.26. The van der Waals surface area contributed by atoms with Crippen LogP contribution in [0, 0.1) is 5.92 Å². The van der Waals surface area contributed by atoms with Crippen molar-refractivity contribution >= 4 is 65.0 Å². The van der Waals surface area contributed by atoms with E-state index < -0.39 is 130 Å². The van der Waals surface area contributed by atoms with Crippen LogP contribution in [0.4, 0.5) is 0 Å². The summed E-state index contributed by atoms with van der Waals surface area (Å²) < 4.78 is 0. The van der Waals surface area contributed by atoms with Gasteiger partial charge < -0.3 is 58.5 Å². The molecule has 1 rings (SSSR count). The van der Waals surface area contributed by atoms with Gasteiger partial charge in [-0.2, -0.15) is 0 Å². The van der Waals surface area contributed by atoms with Gasteiger partial charge in [-0.25, -0.2) is 0 Å². The molecule has 11 N–H and O–H groups in total. The fourth-order valence-electron chi connectivity index (χ4n) is 3.54. The Morgan fingerprint density at radius 1 is 0.429 bits per heavy atom. The highest BCUT2D eigenvalue weighted by atomic mass is 16.2. The van der Waals surface area contributed by atoms with E-state index in [9.17, 15) is 52.7 Å². The molecule has 0 aromatic rings. The molecular weight excluding hydrogens is 654 g/mol.